The van der Waals surface area contributed by atoms with Gasteiger partial charge in [0.15, 0.2) is 11.3 Å². The van der Waals surface area contributed by atoms with Crippen LogP contribution in [0.1, 0.15) is 32.3 Å². The third-order valence-corrected chi connectivity index (χ3v) is 3.47. The molecule has 0 radical (unpaired) electrons. The Morgan fingerprint density at radius 2 is 2.08 bits per heavy atom. The van der Waals surface area contributed by atoms with Crippen LogP contribution in [0.4, 0.5) is 0 Å². The van der Waals surface area contributed by atoms with Gasteiger partial charge in [-0.15, -0.1) is 0 Å². The monoisotopic (exact) mass is 332 g/mol. The molecule has 1 aromatic carbocycles. The van der Waals surface area contributed by atoms with Crippen molar-refractivity contribution in [3.8, 4) is 11.5 Å². The molecule has 6 heteroatoms. The molecule has 1 aromatic heterocycles. The first-order chi connectivity index (χ1) is 11.4. The highest BCUT2D eigenvalue weighted by atomic mass is 16.5. The summed E-state index contributed by atoms with van der Waals surface area (Å²) in [5, 5.41) is 19.4. The maximum atomic E-state index is 12.1. The van der Waals surface area contributed by atoms with Crippen molar-refractivity contribution in [2.45, 2.75) is 33.1 Å². The van der Waals surface area contributed by atoms with E-state index in [2.05, 4.69) is 0 Å². The lowest BCUT2D eigenvalue weighted by molar-refractivity contribution is -0.137. The van der Waals surface area contributed by atoms with Gasteiger partial charge in [-0.1, -0.05) is 17.7 Å². The van der Waals surface area contributed by atoms with Crippen molar-refractivity contribution in [2.75, 3.05) is 6.61 Å². The van der Waals surface area contributed by atoms with Crippen LogP contribution < -0.4 is 10.4 Å². The maximum Gasteiger partial charge on any atom is 0.343 e. The Labute approximate surface area is 139 Å². The number of aliphatic carboxylic acids is 1. The smallest absolute Gasteiger partial charge is 0.343 e. The molecule has 0 bridgehead atoms. The van der Waals surface area contributed by atoms with Crippen LogP contribution >= 0.6 is 0 Å². The van der Waals surface area contributed by atoms with Gasteiger partial charge in [0.25, 0.3) is 0 Å². The van der Waals surface area contributed by atoms with Crippen LogP contribution in [-0.4, -0.2) is 22.8 Å². The zero-order valence-corrected chi connectivity index (χ0v) is 13.7. The van der Waals surface area contributed by atoms with Crippen molar-refractivity contribution in [2.24, 2.45) is 0 Å². The number of aromatic hydroxyl groups is 1. The summed E-state index contributed by atoms with van der Waals surface area (Å²) in [6, 6.07) is 4.93. The van der Waals surface area contributed by atoms with Gasteiger partial charge in [-0.3, -0.25) is 4.79 Å². The highest BCUT2D eigenvalue weighted by molar-refractivity contribution is 5.88. The molecule has 0 aliphatic rings. The van der Waals surface area contributed by atoms with E-state index in [1.165, 1.54) is 0 Å². The number of carboxylic acid groups (broad SMARTS) is 1. The van der Waals surface area contributed by atoms with Gasteiger partial charge in [0.05, 0.1) is 17.6 Å². The van der Waals surface area contributed by atoms with E-state index in [0.29, 0.717) is 17.6 Å². The number of hydrogen-bond acceptors (Lipinski definition) is 5. The van der Waals surface area contributed by atoms with Gasteiger partial charge in [0.2, 0.25) is 0 Å². The number of para-hydroxylation sites is 1. The fourth-order valence-electron chi connectivity index (χ4n) is 2.23. The summed E-state index contributed by atoms with van der Waals surface area (Å²) in [6.07, 6.45) is 2.45. The molecule has 0 aliphatic carbocycles. The Hall–Kier alpha value is -2.76. The van der Waals surface area contributed by atoms with Crippen molar-refractivity contribution in [1.29, 1.82) is 0 Å². The summed E-state index contributed by atoms with van der Waals surface area (Å²) < 4.78 is 10.8. The number of carbonyl (C=O) groups is 1. The lowest BCUT2D eigenvalue weighted by atomic mass is 10.1. The molecule has 0 spiro atoms. The maximum absolute atomic E-state index is 12.1. The van der Waals surface area contributed by atoms with Gasteiger partial charge < -0.3 is 19.4 Å². The van der Waals surface area contributed by atoms with Crippen molar-refractivity contribution >= 4 is 16.9 Å². The number of rotatable bonds is 7. The largest absolute Gasteiger partial charge is 0.507 e. The molecule has 24 heavy (non-hydrogen) atoms. The highest BCUT2D eigenvalue weighted by Gasteiger charge is 2.16. The molecule has 2 rings (SSSR count). The molecule has 0 amide bonds. The summed E-state index contributed by atoms with van der Waals surface area (Å²) in [5.74, 6) is -0.710. The first-order valence-corrected chi connectivity index (χ1v) is 7.65. The van der Waals surface area contributed by atoms with Crippen LogP contribution in [0.3, 0.4) is 0 Å². The Balaban J connectivity index is 2.34. The molecule has 0 fully saturated rings. The second-order valence-corrected chi connectivity index (χ2v) is 5.68. The van der Waals surface area contributed by atoms with Crippen molar-refractivity contribution in [3.05, 3.63) is 45.8 Å². The van der Waals surface area contributed by atoms with Crippen molar-refractivity contribution in [3.63, 3.8) is 0 Å². The number of benzene rings is 1. The van der Waals surface area contributed by atoms with E-state index in [-0.39, 0.29) is 36.3 Å². The Kier molecular flexibility index (Phi) is 5.63. The summed E-state index contributed by atoms with van der Waals surface area (Å²) in [5.41, 5.74) is 0.784. The van der Waals surface area contributed by atoms with Crippen LogP contribution in [0.15, 0.2) is 39.1 Å². The summed E-state index contributed by atoms with van der Waals surface area (Å²) in [7, 11) is 0. The Morgan fingerprint density at radius 3 is 2.75 bits per heavy atom. The fraction of sp³-hybridized carbons (Fsp3) is 0.333. The molecule has 0 aliphatic heterocycles. The van der Waals surface area contributed by atoms with E-state index < -0.39 is 11.6 Å². The van der Waals surface area contributed by atoms with Gasteiger partial charge in [-0.25, -0.2) is 4.79 Å². The van der Waals surface area contributed by atoms with Crippen LogP contribution in [-0.2, 0) is 11.2 Å². The number of fused-ring (bicyclic) bond motifs is 1. The number of carboxylic acids is 1. The van der Waals surface area contributed by atoms with Crippen LogP contribution in [0.2, 0.25) is 0 Å². The average molecular weight is 332 g/mol. The van der Waals surface area contributed by atoms with Crippen LogP contribution in [0, 0.1) is 0 Å². The molecule has 0 saturated heterocycles. The van der Waals surface area contributed by atoms with E-state index in [4.69, 9.17) is 14.3 Å². The second-order valence-electron chi connectivity index (χ2n) is 5.68. The normalized spacial score (nSPS) is 10.6. The van der Waals surface area contributed by atoms with Crippen molar-refractivity contribution < 1.29 is 24.2 Å². The lowest BCUT2D eigenvalue weighted by Gasteiger charge is -2.10. The van der Waals surface area contributed by atoms with E-state index in [1.54, 1.807) is 18.2 Å². The first kappa shape index (κ1) is 17.6. The predicted octanol–water partition coefficient (Wildman–Crippen LogP) is 3.25. The van der Waals surface area contributed by atoms with Crippen molar-refractivity contribution in [1.82, 2.24) is 0 Å². The zero-order chi connectivity index (χ0) is 17.7. The lowest BCUT2D eigenvalue weighted by Crippen LogP contribution is -2.08. The van der Waals surface area contributed by atoms with E-state index in [1.807, 2.05) is 19.9 Å². The van der Waals surface area contributed by atoms with E-state index >= 15 is 0 Å². The molecule has 6 nitrogen and oxygen atoms in total. The highest BCUT2D eigenvalue weighted by Crippen LogP contribution is 2.32. The topological polar surface area (TPSA) is 97.0 Å². The standard InChI is InChI=1S/C18H20O6/c1-11(2)8-9-13-16(21)12-5-3-6-14(17(12)24-18(13)22)23-10-4-7-15(19)20/h3,5-6,8,21H,4,7,9-10H2,1-2H3,(H,19,20). The molecular formula is C18H20O6. The molecule has 2 aromatic rings. The van der Waals surface area contributed by atoms with Crippen LogP contribution in [0.25, 0.3) is 11.0 Å². The Bertz CT molecular complexity index is 827. The molecule has 128 valence electrons. The quantitative estimate of drug-likeness (QED) is 0.459. The summed E-state index contributed by atoms with van der Waals surface area (Å²) in [4.78, 5) is 22.7. The van der Waals surface area contributed by atoms with Crippen LogP contribution in [0.5, 0.6) is 11.5 Å². The van der Waals surface area contributed by atoms with Gasteiger partial charge >= 0.3 is 11.6 Å². The fourth-order valence-corrected chi connectivity index (χ4v) is 2.23. The third-order valence-electron chi connectivity index (χ3n) is 3.47. The van der Waals surface area contributed by atoms with E-state index in [0.717, 1.165) is 5.57 Å². The molecule has 0 unspecified atom stereocenters. The molecule has 0 atom stereocenters. The minimum atomic E-state index is -0.899. The average Bonchev–Trinajstić information content (AvgIpc) is 2.51. The summed E-state index contributed by atoms with van der Waals surface area (Å²) in [6.45, 7) is 3.99. The SMILES string of the molecule is CC(C)=CCc1c(O)c2cccc(OCCCC(=O)O)c2oc1=O. The van der Waals surface area contributed by atoms with Gasteiger partial charge in [-0.2, -0.15) is 0 Å². The Morgan fingerprint density at radius 1 is 1.33 bits per heavy atom. The summed E-state index contributed by atoms with van der Waals surface area (Å²) >= 11 is 0. The minimum Gasteiger partial charge on any atom is -0.507 e. The molecule has 0 saturated carbocycles. The predicted molar refractivity (Wildman–Crippen MR) is 89.6 cm³/mol. The van der Waals surface area contributed by atoms with Gasteiger partial charge in [0.1, 0.15) is 5.75 Å². The molecule has 1 heterocycles. The van der Waals surface area contributed by atoms with Gasteiger partial charge in [-0.05, 0) is 32.4 Å². The molecule has 2 N–H and O–H groups in total. The molecular weight excluding hydrogens is 312 g/mol. The second kappa shape index (κ2) is 7.68. The number of ether oxygens (including phenoxy) is 1. The number of allylic oxidation sites excluding steroid dienone is 2. The van der Waals surface area contributed by atoms with Gasteiger partial charge in [0, 0.05) is 12.8 Å². The minimum absolute atomic E-state index is 0.00713. The zero-order valence-electron chi connectivity index (χ0n) is 13.7. The number of hydrogen-bond donors (Lipinski definition) is 2. The third kappa shape index (κ3) is 4.16. The van der Waals surface area contributed by atoms with E-state index in [9.17, 15) is 14.7 Å². The first-order valence-electron chi connectivity index (χ1n) is 7.65.